The van der Waals surface area contributed by atoms with E-state index in [9.17, 15) is 4.79 Å². The first-order chi connectivity index (χ1) is 10.3. The third kappa shape index (κ3) is 15.8. The van der Waals surface area contributed by atoms with Crippen LogP contribution >= 0.6 is 0 Å². The number of carbonyl (C=O) groups is 1. The molecule has 0 aliphatic heterocycles. The van der Waals surface area contributed by atoms with Crippen LogP contribution in [0.1, 0.15) is 103 Å². The van der Waals surface area contributed by atoms with Crippen molar-refractivity contribution in [3.05, 3.63) is 0 Å². The Balaban J connectivity index is 3.04. The first-order valence-electron chi connectivity index (χ1n) is 9.41. The first-order valence-corrected chi connectivity index (χ1v) is 9.41. The van der Waals surface area contributed by atoms with Gasteiger partial charge in [0.05, 0.1) is 6.61 Å². The van der Waals surface area contributed by atoms with Crippen LogP contribution in [-0.2, 0) is 4.79 Å². The van der Waals surface area contributed by atoms with Crippen molar-refractivity contribution in [2.24, 2.45) is 5.92 Å². The van der Waals surface area contributed by atoms with E-state index in [0.29, 0.717) is 0 Å². The number of carbonyl (C=O) groups excluding carboxylic acids is 1. The molecular weight excluding hydrogens is 260 g/mol. The number of hydrogen-bond acceptors (Lipinski definition) is 2. The normalized spacial score (nSPS) is 12.5. The van der Waals surface area contributed by atoms with E-state index in [4.69, 9.17) is 5.11 Å². The summed E-state index contributed by atoms with van der Waals surface area (Å²) >= 11 is 0. The molecule has 0 aromatic rings. The van der Waals surface area contributed by atoms with Crippen LogP contribution in [0, 0.1) is 5.92 Å². The first kappa shape index (κ1) is 20.6. The molecule has 0 fully saturated rings. The van der Waals surface area contributed by atoms with Crippen molar-refractivity contribution >= 4 is 6.29 Å². The molecule has 0 heterocycles. The molecule has 0 aliphatic carbocycles. The van der Waals surface area contributed by atoms with Crippen LogP contribution in [0.4, 0.5) is 0 Å². The highest BCUT2D eigenvalue weighted by molar-refractivity contribution is 5.53. The maximum Gasteiger partial charge on any atom is 0.125 e. The monoisotopic (exact) mass is 298 g/mol. The minimum atomic E-state index is -0.123. The van der Waals surface area contributed by atoms with Gasteiger partial charge in [0.25, 0.3) is 0 Å². The Kier molecular flexibility index (Phi) is 17.4. The van der Waals surface area contributed by atoms with Gasteiger partial charge in [-0.05, 0) is 6.42 Å². The summed E-state index contributed by atoms with van der Waals surface area (Å²) in [6, 6.07) is 0. The second kappa shape index (κ2) is 17.7. The zero-order valence-corrected chi connectivity index (χ0v) is 14.3. The number of unbranched alkanes of at least 4 members (excludes halogenated alkanes) is 13. The minimum Gasteiger partial charge on any atom is -0.396 e. The van der Waals surface area contributed by atoms with Crippen LogP contribution in [0.3, 0.4) is 0 Å². The lowest BCUT2D eigenvalue weighted by Gasteiger charge is -2.06. The molecule has 21 heavy (non-hydrogen) atoms. The van der Waals surface area contributed by atoms with Gasteiger partial charge in [0, 0.05) is 5.92 Å². The topological polar surface area (TPSA) is 37.3 Å². The zero-order chi connectivity index (χ0) is 15.6. The number of aliphatic hydroxyl groups is 1. The summed E-state index contributed by atoms with van der Waals surface area (Å²) in [5.74, 6) is -0.123. The van der Waals surface area contributed by atoms with E-state index in [1.165, 1.54) is 83.5 Å². The third-order valence-electron chi connectivity index (χ3n) is 4.36. The lowest BCUT2D eigenvalue weighted by molar-refractivity contribution is -0.112. The smallest absolute Gasteiger partial charge is 0.125 e. The highest BCUT2D eigenvalue weighted by atomic mass is 16.3. The summed E-state index contributed by atoms with van der Waals surface area (Å²) in [5.41, 5.74) is 0. The second-order valence-corrected chi connectivity index (χ2v) is 6.46. The SMILES string of the molecule is CCCCCCCCCCCCCCCCC(C=O)CO. The fourth-order valence-electron chi connectivity index (χ4n) is 2.80. The molecule has 1 atom stereocenters. The molecule has 2 nitrogen and oxygen atoms in total. The van der Waals surface area contributed by atoms with E-state index in [-0.39, 0.29) is 12.5 Å². The summed E-state index contributed by atoms with van der Waals surface area (Å²) < 4.78 is 0. The van der Waals surface area contributed by atoms with Gasteiger partial charge in [0.1, 0.15) is 6.29 Å². The quantitative estimate of drug-likeness (QED) is 0.278. The highest BCUT2D eigenvalue weighted by Crippen LogP contribution is 2.14. The molecule has 0 amide bonds. The van der Waals surface area contributed by atoms with Gasteiger partial charge in [-0.2, -0.15) is 0 Å². The van der Waals surface area contributed by atoms with Crippen LogP contribution in [0.25, 0.3) is 0 Å². The standard InChI is InChI=1S/C19H38O2/c1-2-3-4-5-6-7-8-9-10-11-12-13-14-15-16-19(17-20)18-21/h17,19,21H,2-16,18H2,1H3. The fourth-order valence-corrected chi connectivity index (χ4v) is 2.80. The van der Waals surface area contributed by atoms with Gasteiger partial charge in [0.15, 0.2) is 0 Å². The summed E-state index contributed by atoms with van der Waals surface area (Å²) in [6.45, 7) is 2.29. The molecule has 0 aliphatic rings. The zero-order valence-electron chi connectivity index (χ0n) is 14.3. The Bertz CT molecular complexity index is 204. The van der Waals surface area contributed by atoms with E-state index >= 15 is 0 Å². The largest absolute Gasteiger partial charge is 0.396 e. The van der Waals surface area contributed by atoms with Crippen molar-refractivity contribution in [3.63, 3.8) is 0 Å². The Hall–Kier alpha value is -0.370. The van der Waals surface area contributed by atoms with Gasteiger partial charge < -0.3 is 9.90 Å². The number of rotatable bonds is 17. The van der Waals surface area contributed by atoms with Crippen LogP contribution in [0.15, 0.2) is 0 Å². The molecule has 1 unspecified atom stereocenters. The molecule has 0 aromatic heterocycles. The summed E-state index contributed by atoms with van der Waals surface area (Å²) in [5, 5.41) is 8.90. The Morgan fingerprint density at radius 3 is 1.43 bits per heavy atom. The van der Waals surface area contributed by atoms with Crippen LogP contribution in [0.2, 0.25) is 0 Å². The van der Waals surface area contributed by atoms with E-state index in [1.807, 2.05) is 0 Å². The Labute approximate surface area is 132 Å². The summed E-state index contributed by atoms with van der Waals surface area (Å²) in [4.78, 5) is 10.5. The van der Waals surface area contributed by atoms with Crippen molar-refractivity contribution in [1.82, 2.24) is 0 Å². The Morgan fingerprint density at radius 1 is 0.714 bits per heavy atom. The van der Waals surface area contributed by atoms with Gasteiger partial charge in [-0.15, -0.1) is 0 Å². The maximum atomic E-state index is 10.5. The van der Waals surface area contributed by atoms with Gasteiger partial charge >= 0.3 is 0 Å². The molecule has 0 spiro atoms. The van der Waals surface area contributed by atoms with Crippen molar-refractivity contribution in [3.8, 4) is 0 Å². The van der Waals surface area contributed by atoms with Gasteiger partial charge in [-0.3, -0.25) is 0 Å². The predicted molar refractivity (Wildman–Crippen MR) is 91.6 cm³/mol. The molecule has 0 saturated heterocycles. The molecule has 126 valence electrons. The van der Waals surface area contributed by atoms with Crippen molar-refractivity contribution < 1.29 is 9.90 Å². The molecule has 0 bridgehead atoms. The molecule has 0 radical (unpaired) electrons. The van der Waals surface area contributed by atoms with Gasteiger partial charge in [-0.1, -0.05) is 96.8 Å². The van der Waals surface area contributed by atoms with Gasteiger partial charge in [0.2, 0.25) is 0 Å². The fraction of sp³-hybridized carbons (Fsp3) is 0.947. The van der Waals surface area contributed by atoms with E-state index < -0.39 is 0 Å². The lowest BCUT2D eigenvalue weighted by atomic mass is 10.0. The average Bonchev–Trinajstić information content (AvgIpc) is 2.51. The van der Waals surface area contributed by atoms with Crippen LogP contribution in [-0.4, -0.2) is 18.0 Å². The predicted octanol–water partition coefficient (Wildman–Crippen LogP) is 5.67. The summed E-state index contributed by atoms with van der Waals surface area (Å²) in [7, 11) is 0. The number of hydrogen-bond donors (Lipinski definition) is 1. The molecule has 1 N–H and O–H groups in total. The summed E-state index contributed by atoms with van der Waals surface area (Å²) in [6.07, 6.45) is 20.7. The van der Waals surface area contributed by atoms with Crippen molar-refractivity contribution in [2.75, 3.05) is 6.61 Å². The van der Waals surface area contributed by atoms with Gasteiger partial charge in [-0.25, -0.2) is 0 Å². The average molecular weight is 299 g/mol. The van der Waals surface area contributed by atoms with E-state index in [2.05, 4.69) is 6.92 Å². The molecule has 0 aromatic carbocycles. The van der Waals surface area contributed by atoms with E-state index in [1.54, 1.807) is 0 Å². The molecule has 2 heteroatoms. The van der Waals surface area contributed by atoms with Crippen LogP contribution < -0.4 is 0 Å². The number of aldehydes is 1. The Morgan fingerprint density at radius 2 is 1.10 bits per heavy atom. The maximum absolute atomic E-state index is 10.5. The third-order valence-corrected chi connectivity index (χ3v) is 4.36. The lowest BCUT2D eigenvalue weighted by Crippen LogP contribution is -2.06. The van der Waals surface area contributed by atoms with Crippen LogP contribution in [0.5, 0.6) is 0 Å². The molecular formula is C19H38O2. The minimum absolute atomic E-state index is 0.0158. The van der Waals surface area contributed by atoms with E-state index in [0.717, 1.165) is 19.1 Å². The molecule has 0 rings (SSSR count). The number of aliphatic hydroxyl groups excluding tert-OH is 1. The second-order valence-electron chi connectivity index (χ2n) is 6.46. The van der Waals surface area contributed by atoms with Crippen molar-refractivity contribution in [2.45, 2.75) is 103 Å². The molecule has 0 saturated carbocycles. The van der Waals surface area contributed by atoms with Crippen molar-refractivity contribution in [1.29, 1.82) is 0 Å². The highest BCUT2D eigenvalue weighted by Gasteiger charge is 2.04.